The van der Waals surface area contributed by atoms with Crippen molar-refractivity contribution in [3.05, 3.63) is 91.0 Å². The van der Waals surface area contributed by atoms with Gasteiger partial charge in [-0.15, -0.1) is 0 Å². The van der Waals surface area contributed by atoms with Gasteiger partial charge in [-0.05, 0) is 0 Å². The number of thiocarbonyl (C=S) groups is 1. The van der Waals surface area contributed by atoms with Gasteiger partial charge in [0.15, 0.2) is 0 Å². The van der Waals surface area contributed by atoms with Crippen LogP contribution in [0.25, 0.3) is 0 Å². The number of hydrogen-bond acceptors (Lipinski definition) is 3. The maximum atomic E-state index is 12.8. The molecule has 1 aliphatic heterocycles. The molecule has 1 fully saturated rings. The predicted molar refractivity (Wildman–Crippen MR) is 145 cm³/mol. The summed E-state index contributed by atoms with van der Waals surface area (Å²) in [6.07, 6.45) is 4.48. The number of unbranched alkanes of at least 4 members (excludes halogenated alkanes) is 1. The van der Waals surface area contributed by atoms with Crippen LogP contribution < -0.4 is 15.9 Å². The first-order valence-corrected chi connectivity index (χ1v) is 14.4. The van der Waals surface area contributed by atoms with Crippen LogP contribution in [0, 0.1) is 0 Å². The van der Waals surface area contributed by atoms with E-state index in [0.717, 1.165) is 32.0 Å². The first-order chi connectivity index (χ1) is 16.2. The van der Waals surface area contributed by atoms with Crippen molar-refractivity contribution in [2.75, 3.05) is 19.3 Å². The van der Waals surface area contributed by atoms with Crippen LogP contribution in [-0.4, -0.2) is 41.3 Å². The van der Waals surface area contributed by atoms with Gasteiger partial charge in [0.1, 0.15) is 0 Å². The maximum absolute atomic E-state index is 12.8. The number of likely N-dealkylation sites (tertiary alicyclic amines) is 1. The average molecular weight is 475 g/mol. The standard InChI is InChI=1S/C28H31N2OPS/c31-28(30-20-19-24(22-30)29-23-33)18-10-11-21-32(25-12-4-1-5-13-25,26-14-6-2-7-15-26)27-16-8-3-9-17-27/h1-9,12-17,24,32H,10-11,18-22H2. The zero-order valence-corrected chi connectivity index (χ0v) is 20.7. The molecular formula is C28H31N2OPS. The third kappa shape index (κ3) is 5.47. The molecule has 0 spiro atoms. The van der Waals surface area contributed by atoms with Gasteiger partial charge in [0.05, 0.1) is 0 Å². The number of benzene rings is 3. The Kier molecular flexibility index (Phi) is 8.18. The fourth-order valence-corrected chi connectivity index (χ4v) is 10.2. The molecule has 5 heteroatoms. The second kappa shape index (κ2) is 11.5. The number of carbonyl (C=O) groups is 1. The van der Waals surface area contributed by atoms with E-state index in [2.05, 4.69) is 101 Å². The Bertz CT molecular complexity index is 988. The monoisotopic (exact) mass is 474 g/mol. The first-order valence-electron chi connectivity index (χ1n) is 11.8. The fraction of sp³-hybridized carbons (Fsp3) is 0.286. The van der Waals surface area contributed by atoms with Gasteiger partial charge < -0.3 is 0 Å². The van der Waals surface area contributed by atoms with Crippen molar-refractivity contribution < 1.29 is 4.79 Å². The summed E-state index contributed by atoms with van der Waals surface area (Å²) in [6.45, 7) is 1.46. The van der Waals surface area contributed by atoms with E-state index in [9.17, 15) is 4.79 Å². The Hall–Kier alpha value is -2.64. The molecule has 1 heterocycles. The Labute approximate surface area is 202 Å². The normalized spacial score (nSPS) is 16.2. The fourth-order valence-electron chi connectivity index (χ4n) is 5.07. The third-order valence-electron chi connectivity index (χ3n) is 6.74. The van der Waals surface area contributed by atoms with Crippen molar-refractivity contribution >= 4 is 46.5 Å². The number of carbonyl (C=O) groups excluding carboxylic acids is 1. The van der Waals surface area contributed by atoms with Crippen molar-refractivity contribution in [2.24, 2.45) is 4.99 Å². The van der Waals surface area contributed by atoms with Crippen molar-refractivity contribution in [1.29, 1.82) is 0 Å². The Balaban J connectivity index is 1.54. The van der Waals surface area contributed by atoms with E-state index in [4.69, 9.17) is 12.2 Å². The molecule has 170 valence electrons. The number of hydrogen-bond donors (Lipinski definition) is 0. The van der Waals surface area contributed by atoms with Crippen LogP contribution in [0.2, 0.25) is 0 Å². The second-order valence-electron chi connectivity index (χ2n) is 8.71. The van der Waals surface area contributed by atoms with Gasteiger partial charge in [0, 0.05) is 0 Å². The summed E-state index contributed by atoms with van der Waals surface area (Å²) >= 11 is 4.72. The van der Waals surface area contributed by atoms with Gasteiger partial charge in [-0.25, -0.2) is 0 Å². The van der Waals surface area contributed by atoms with Crippen LogP contribution in [0.5, 0.6) is 0 Å². The van der Waals surface area contributed by atoms with E-state index < -0.39 is 7.26 Å². The van der Waals surface area contributed by atoms with Crippen LogP contribution in [-0.2, 0) is 4.79 Å². The summed E-state index contributed by atoms with van der Waals surface area (Å²) in [4.78, 5) is 18.9. The van der Waals surface area contributed by atoms with Gasteiger partial charge in [0.25, 0.3) is 0 Å². The quantitative estimate of drug-likeness (QED) is 0.197. The molecule has 0 aliphatic carbocycles. The Morgan fingerprint density at radius 1 is 0.879 bits per heavy atom. The minimum atomic E-state index is -2.21. The second-order valence-corrected chi connectivity index (χ2v) is 12.9. The van der Waals surface area contributed by atoms with Gasteiger partial charge in [0.2, 0.25) is 0 Å². The molecular weight excluding hydrogens is 443 g/mol. The molecule has 0 aromatic heterocycles. The van der Waals surface area contributed by atoms with Gasteiger partial charge in [-0.2, -0.15) is 0 Å². The molecule has 1 unspecified atom stereocenters. The number of isothiocyanates is 1. The number of aliphatic imine (C=N–C) groups is 1. The van der Waals surface area contributed by atoms with Crippen LogP contribution in [0.3, 0.4) is 0 Å². The van der Waals surface area contributed by atoms with E-state index in [1.54, 1.807) is 0 Å². The molecule has 1 saturated heterocycles. The van der Waals surface area contributed by atoms with Crippen molar-refractivity contribution in [2.45, 2.75) is 31.7 Å². The van der Waals surface area contributed by atoms with Gasteiger partial charge in [-0.3, -0.25) is 0 Å². The van der Waals surface area contributed by atoms with Crippen molar-refractivity contribution in [1.82, 2.24) is 4.90 Å². The average Bonchev–Trinajstić information content (AvgIpc) is 3.35. The summed E-state index contributed by atoms with van der Waals surface area (Å²) < 4.78 is 0. The summed E-state index contributed by atoms with van der Waals surface area (Å²) in [5.74, 6) is 0.239. The van der Waals surface area contributed by atoms with Crippen molar-refractivity contribution in [3.63, 3.8) is 0 Å². The third-order valence-corrected chi connectivity index (χ3v) is 11.9. The summed E-state index contributed by atoms with van der Waals surface area (Å²) in [7, 11) is -2.21. The van der Waals surface area contributed by atoms with E-state index in [1.165, 1.54) is 15.9 Å². The Morgan fingerprint density at radius 2 is 1.39 bits per heavy atom. The summed E-state index contributed by atoms with van der Waals surface area (Å²) in [6, 6.07) is 33.1. The summed E-state index contributed by atoms with van der Waals surface area (Å²) in [5, 5.41) is 6.74. The zero-order valence-electron chi connectivity index (χ0n) is 18.9. The first kappa shape index (κ1) is 23.5. The van der Waals surface area contributed by atoms with Gasteiger partial charge in [-0.1, -0.05) is 0 Å². The Morgan fingerprint density at radius 3 is 1.88 bits per heavy atom. The molecule has 3 aromatic carbocycles. The van der Waals surface area contributed by atoms with E-state index in [1.807, 2.05) is 4.90 Å². The molecule has 3 aromatic rings. The SMILES string of the molecule is O=C(CCCC[PH](c1ccccc1)(c1ccccc1)c1ccccc1)N1CCC(N=C=S)C1. The van der Waals surface area contributed by atoms with Crippen LogP contribution >= 0.6 is 19.5 Å². The molecule has 33 heavy (non-hydrogen) atoms. The predicted octanol–water partition coefficient (Wildman–Crippen LogP) is 4.59. The molecule has 0 bridgehead atoms. The molecule has 0 saturated carbocycles. The van der Waals surface area contributed by atoms with E-state index in [-0.39, 0.29) is 11.9 Å². The number of rotatable bonds is 9. The van der Waals surface area contributed by atoms with Crippen LogP contribution in [0.4, 0.5) is 0 Å². The molecule has 3 nitrogen and oxygen atoms in total. The summed E-state index contributed by atoms with van der Waals surface area (Å²) in [5.41, 5.74) is 0. The molecule has 1 atom stereocenters. The molecule has 0 radical (unpaired) electrons. The van der Waals surface area contributed by atoms with E-state index >= 15 is 0 Å². The van der Waals surface area contributed by atoms with Gasteiger partial charge >= 0.3 is 203 Å². The molecule has 0 N–H and O–H groups in total. The van der Waals surface area contributed by atoms with E-state index in [0.29, 0.717) is 13.0 Å². The molecule has 4 rings (SSSR count). The van der Waals surface area contributed by atoms with Crippen LogP contribution in [0.15, 0.2) is 96.0 Å². The topological polar surface area (TPSA) is 32.7 Å². The zero-order chi connectivity index (χ0) is 22.9. The number of nitrogens with zero attached hydrogens (tertiary/aromatic N) is 2. The number of amides is 1. The molecule has 1 aliphatic rings. The van der Waals surface area contributed by atoms with Crippen molar-refractivity contribution in [3.8, 4) is 0 Å². The van der Waals surface area contributed by atoms with Crippen LogP contribution in [0.1, 0.15) is 25.7 Å². The minimum absolute atomic E-state index is 0.126. The molecule has 1 amide bonds.